The van der Waals surface area contributed by atoms with E-state index in [0.29, 0.717) is 19.6 Å². The molecule has 1 saturated heterocycles. The summed E-state index contributed by atoms with van der Waals surface area (Å²) in [5.41, 5.74) is 0. The van der Waals surface area contributed by atoms with E-state index in [0.717, 1.165) is 115 Å². The third kappa shape index (κ3) is 54.8. The summed E-state index contributed by atoms with van der Waals surface area (Å²) in [4.78, 5) is 23.1. The smallest absolute Gasteiger partial charge is 0.305 e. The first kappa shape index (κ1) is 95.3. The van der Waals surface area contributed by atoms with Crippen molar-refractivity contribution in [3.05, 3.63) is 0 Å². The summed E-state index contributed by atoms with van der Waals surface area (Å²) < 4.78 is 20.7. The van der Waals surface area contributed by atoms with Gasteiger partial charge in [0.1, 0.15) is 18.8 Å². The van der Waals surface area contributed by atoms with E-state index < -0.39 is 28.8 Å². The summed E-state index contributed by atoms with van der Waals surface area (Å²) in [5.74, 6) is 77.5. The summed E-state index contributed by atoms with van der Waals surface area (Å²) in [6.45, 7) is 38.2. The predicted octanol–water partition coefficient (Wildman–Crippen LogP) is 14.4. The Morgan fingerprint density at radius 2 is 0.740 bits per heavy atom. The first-order chi connectivity index (χ1) is 50.1. The Labute approximate surface area is 645 Å². The van der Waals surface area contributed by atoms with E-state index >= 15 is 0 Å². The first-order valence-electron chi connectivity index (χ1n) is 38.0. The zero-order valence-corrected chi connectivity index (χ0v) is 69.3. The second-order valence-electron chi connectivity index (χ2n) is 29.0. The van der Waals surface area contributed by atoms with Gasteiger partial charge in [0.05, 0.1) is 12.2 Å². The van der Waals surface area contributed by atoms with Crippen molar-refractivity contribution in [2.75, 3.05) is 96.6 Å². The average Bonchev–Trinajstić information content (AvgIpc) is 0.834. The monoisotopic (exact) mass is 1470 g/mol. The van der Waals surface area contributed by atoms with Crippen molar-refractivity contribution < 1.29 is 28.6 Å². The largest absolute Gasteiger partial charge is 0.464 e. The molecule has 104 heavy (non-hydrogen) atoms. The Morgan fingerprint density at radius 3 is 1.11 bits per heavy atom. The predicted molar refractivity (Wildman–Crippen MR) is 446 cm³/mol. The van der Waals surface area contributed by atoms with Gasteiger partial charge in [0.15, 0.2) is 16.6 Å². The first-order valence-corrected chi connectivity index (χ1v) is 46.3. The fraction of sp³-hybridized carbons (Fsp3) is 0.633. The van der Waals surface area contributed by atoms with E-state index in [-0.39, 0.29) is 41.3 Å². The Bertz CT molecular complexity index is 3350. The molecule has 1 aliphatic rings. The molecule has 2 N–H and O–H groups in total. The maximum absolute atomic E-state index is 13.5. The van der Waals surface area contributed by atoms with Crippen molar-refractivity contribution in [2.24, 2.45) is 0 Å². The van der Waals surface area contributed by atoms with Crippen molar-refractivity contribution in [3.8, 4) is 190 Å². The second-order valence-corrected chi connectivity index (χ2v) is 41.2. The van der Waals surface area contributed by atoms with Crippen molar-refractivity contribution in [1.82, 2.24) is 19.6 Å². The van der Waals surface area contributed by atoms with E-state index in [1.54, 1.807) is 0 Å². The maximum atomic E-state index is 13.5. The molecule has 4 unspecified atom stereocenters. The van der Waals surface area contributed by atoms with Crippen molar-refractivity contribution in [3.63, 3.8) is 0 Å². The number of unbranched alkanes of at least 4 members (excludes halogenated alkanes) is 16. The highest BCUT2D eigenvalue weighted by Gasteiger charge is 2.41. The van der Waals surface area contributed by atoms with E-state index in [9.17, 15) is 15.0 Å². The van der Waals surface area contributed by atoms with Gasteiger partial charge in [-0.15, -0.1) is 12.8 Å². The molecule has 0 aromatic carbocycles. The number of hydrogen-bond donors (Lipinski definition) is 2. The van der Waals surface area contributed by atoms with Crippen LogP contribution in [0.3, 0.4) is 0 Å². The van der Waals surface area contributed by atoms with Gasteiger partial charge in [0.25, 0.3) is 0 Å². The Balaban J connectivity index is 2.83. The number of hydrogen-bond acceptors (Lipinski definition) is 12. The molecule has 0 aromatic rings. The van der Waals surface area contributed by atoms with Crippen LogP contribution in [0.25, 0.3) is 0 Å². The Morgan fingerprint density at radius 1 is 0.423 bits per heavy atom. The summed E-state index contributed by atoms with van der Waals surface area (Å²) >= 11 is 0. The van der Waals surface area contributed by atoms with Crippen LogP contribution >= 0.6 is 21.6 Å². The van der Waals surface area contributed by atoms with E-state index in [2.05, 4.69) is 274 Å². The molecule has 14 heteroatoms. The van der Waals surface area contributed by atoms with Gasteiger partial charge in [0.2, 0.25) is 0 Å². The summed E-state index contributed by atoms with van der Waals surface area (Å²) in [6.07, 6.45) is 36.5. The maximum Gasteiger partial charge on any atom is 0.305 e. The van der Waals surface area contributed by atoms with E-state index in [4.69, 9.17) is 26.4 Å². The van der Waals surface area contributed by atoms with E-state index in [1.807, 2.05) is 26.5 Å². The van der Waals surface area contributed by atoms with Crippen LogP contribution in [0, 0.1) is 190 Å². The number of carbonyl (C=O) groups is 1. The number of ether oxygens (including phenoxy) is 1. The zero-order chi connectivity index (χ0) is 76.5. The molecule has 0 saturated carbocycles. The summed E-state index contributed by atoms with van der Waals surface area (Å²) in [6, 6.07) is 0. The zero-order valence-electron chi connectivity index (χ0n) is 65.7. The highest BCUT2D eigenvalue weighted by Crippen LogP contribution is 2.39. The molecular weight excluding hydrogens is 1350 g/mol. The lowest BCUT2D eigenvalue weighted by Crippen LogP contribution is -2.50. The number of terminal acetylenes is 2. The van der Waals surface area contributed by atoms with Gasteiger partial charge in [-0.1, -0.05) is 192 Å². The molecule has 0 aromatic heterocycles. The van der Waals surface area contributed by atoms with Crippen LogP contribution in [0.1, 0.15) is 209 Å². The second kappa shape index (κ2) is 62.4. The third-order valence-corrected chi connectivity index (χ3v) is 29.8. The number of rotatable bonds is 48. The molecule has 0 spiro atoms. The molecule has 0 bridgehead atoms. The van der Waals surface area contributed by atoms with Gasteiger partial charge in [-0.3, -0.25) is 19.5 Å². The fourth-order valence-electron chi connectivity index (χ4n) is 10.4. The van der Waals surface area contributed by atoms with Gasteiger partial charge in [-0.05, 0) is 267 Å². The minimum atomic E-state index is -2.06. The van der Waals surface area contributed by atoms with E-state index in [1.165, 1.54) is 103 Å². The van der Waals surface area contributed by atoms with Crippen LogP contribution in [0.2, 0.25) is 36.3 Å². The number of aliphatic hydroxyl groups is 2. The van der Waals surface area contributed by atoms with Crippen LogP contribution in [-0.2, 0) is 18.4 Å². The number of carbonyl (C=O) groups excluding carboxylic acids is 1. The van der Waals surface area contributed by atoms with Gasteiger partial charge >= 0.3 is 5.97 Å². The Hall–Kier alpha value is -6.76. The van der Waals surface area contributed by atoms with Gasteiger partial charge < -0.3 is 28.7 Å². The molecule has 10 nitrogen and oxygen atoms in total. The standard InChI is InChI=1S/C90H122N4O6S2Si2/c1-15-19-23-27-31-35-37-39-41-43-45-47-51-55-64-84(95)80-93(81-85(96)65-56-52-48-46-44-42-40-38-36-32-28-24-20-16-2)70-60-62-79-102-101-78-61-59-69-91-72-74-92(75-73-91)76-77-98-88(97)68-63-71-94(82-86(99-103(11,12)89(5,6)7)66-57-53-49-33-29-25-21-17-3)83-87(100-104(13,14)90(8,9)10)67-58-54-50-34-30-26-22-18-4/h1-2,84-87,95-96H,17-18,21-22,25-26,29-30,33-34,49-50,53-54,57-63,66-83H2,3-14H3. The topological polar surface area (TPSA) is 98.2 Å². The summed E-state index contributed by atoms with van der Waals surface area (Å²) in [7, 11) is -0.328. The normalized spacial score (nSPS) is 12.8. The number of nitrogens with zero attached hydrogens (tertiary/aromatic N) is 4. The quantitative estimate of drug-likeness (QED) is 0.0200. The van der Waals surface area contributed by atoms with Crippen LogP contribution in [0.4, 0.5) is 0 Å². The SMILES string of the molecule is C#CC#CC#CC#CC#CC#CC#CC#CC(O)CN(CCCCSSCCCCN1CCN(CCOC(=O)CCCN(CC(CCCCCCCCCC)O[Si](C)(C)C(C)(C)C)CC(CCCCCCCCCC)O[Si](C)(C)C(C)(C)C)CC1)CC(O)C#CC#CC#CC#CC#CC#CC#CC#C. The van der Waals surface area contributed by atoms with Crippen LogP contribution in [-0.4, -0.2) is 173 Å². The molecule has 1 heterocycles. The fourth-order valence-corrected chi connectivity index (χ4v) is 15.5. The molecule has 1 aliphatic heterocycles. The van der Waals surface area contributed by atoms with Crippen molar-refractivity contribution in [2.45, 2.75) is 270 Å². The molecule has 1 rings (SSSR count). The lowest BCUT2D eigenvalue weighted by Gasteiger charge is -2.42. The molecule has 0 amide bonds. The number of esters is 1. The van der Waals surface area contributed by atoms with Gasteiger partial charge in [0, 0.05) is 76.8 Å². The molecule has 558 valence electrons. The van der Waals surface area contributed by atoms with Crippen LogP contribution in [0.15, 0.2) is 0 Å². The van der Waals surface area contributed by atoms with Gasteiger partial charge in [-0.25, -0.2) is 0 Å². The highest BCUT2D eigenvalue weighted by atomic mass is 33.1. The molecule has 0 radical (unpaired) electrons. The van der Waals surface area contributed by atoms with Crippen LogP contribution in [0.5, 0.6) is 0 Å². The number of piperazine rings is 1. The average molecular weight is 1480 g/mol. The third-order valence-electron chi connectivity index (χ3n) is 18.2. The highest BCUT2D eigenvalue weighted by molar-refractivity contribution is 8.76. The lowest BCUT2D eigenvalue weighted by molar-refractivity contribution is -0.144. The van der Waals surface area contributed by atoms with Crippen molar-refractivity contribution in [1.29, 1.82) is 0 Å². The number of aliphatic hydroxyl groups excluding tert-OH is 2. The lowest BCUT2D eigenvalue weighted by atomic mass is 10.0. The van der Waals surface area contributed by atoms with Gasteiger partial charge in [-0.2, -0.15) is 0 Å². The van der Waals surface area contributed by atoms with Crippen molar-refractivity contribution >= 4 is 44.2 Å². The minimum absolute atomic E-state index is 0.0962. The minimum Gasteiger partial charge on any atom is -0.464 e. The summed E-state index contributed by atoms with van der Waals surface area (Å²) in [5, 5.41) is 21.8. The van der Waals surface area contributed by atoms with Crippen LogP contribution < -0.4 is 0 Å². The molecule has 4 atom stereocenters. The molecular formula is C90H122N4O6S2Si2. The molecule has 1 fully saturated rings. The molecule has 0 aliphatic carbocycles. The Kier molecular flexibility index (Phi) is 57.2.